The maximum absolute atomic E-state index is 12.4. The van der Waals surface area contributed by atoms with Crippen LogP contribution in [0.2, 0.25) is 0 Å². The fraction of sp³-hybridized carbons (Fsp3) is 0.478. The summed E-state index contributed by atoms with van der Waals surface area (Å²) in [6, 6.07) is 8.05. The third kappa shape index (κ3) is 5.02. The Morgan fingerprint density at radius 1 is 1.22 bits per heavy atom. The van der Waals surface area contributed by atoms with Crippen molar-refractivity contribution in [1.82, 2.24) is 14.5 Å². The molecule has 0 aliphatic carbocycles. The summed E-state index contributed by atoms with van der Waals surface area (Å²) < 4.78 is 1.55. The average molecular weight is 454 g/mol. The van der Waals surface area contributed by atoms with E-state index in [1.165, 1.54) is 17.8 Å². The Labute approximate surface area is 193 Å². The van der Waals surface area contributed by atoms with Crippen molar-refractivity contribution in [2.45, 2.75) is 33.1 Å². The first kappa shape index (κ1) is 23.5. The second-order valence-corrected chi connectivity index (χ2v) is 9.12. The van der Waals surface area contributed by atoms with Gasteiger partial charge in [-0.15, -0.1) is 11.3 Å². The molecule has 32 heavy (non-hydrogen) atoms. The summed E-state index contributed by atoms with van der Waals surface area (Å²) in [5.74, 6) is 1.91. The summed E-state index contributed by atoms with van der Waals surface area (Å²) in [4.78, 5) is 26.3. The van der Waals surface area contributed by atoms with Crippen LogP contribution in [-0.4, -0.2) is 48.3 Å². The van der Waals surface area contributed by atoms with Gasteiger partial charge in [-0.1, -0.05) is 6.07 Å². The molecule has 0 radical (unpaired) electrons. The number of pyridine rings is 2. The number of fused-ring (bicyclic) bond motifs is 1. The maximum Gasteiger partial charge on any atom is 0.271 e. The lowest BCUT2D eigenvalue weighted by Crippen LogP contribution is -2.33. The van der Waals surface area contributed by atoms with Gasteiger partial charge in [0.1, 0.15) is 33.6 Å². The minimum Gasteiger partial charge on any atom is -0.370 e. The van der Waals surface area contributed by atoms with Gasteiger partial charge in [0.15, 0.2) is 0 Å². The van der Waals surface area contributed by atoms with Crippen LogP contribution < -0.4 is 20.7 Å². The van der Waals surface area contributed by atoms with Crippen molar-refractivity contribution in [3.8, 4) is 6.07 Å². The van der Waals surface area contributed by atoms with Crippen LogP contribution in [0.4, 0.5) is 17.3 Å². The number of anilines is 3. The standard InChI is InChI=1S/C14H16N4OS.C9H15N3/c1-9-16-11-12(18-6-4-3-5-7-18)10(8-15)13(19)17(2)14(11)20-9;1-4-10-8-6-5-7-9(11-8)12(2)3/h3-7H2,1-2H3;5-7H,4H2,1-3H3,(H,10,11). The van der Waals surface area contributed by atoms with E-state index >= 15 is 0 Å². The van der Waals surface area contributed by atoms with Crippen molar-refractivity contribution < 1.29 is 0 Å². The molecule has 0 saturated carbocycles. The Morgan fingerprint density at radius 3 is 2.56 bits per heavy atom. The highest BCUT2D eigenvalue weighted by molar-refractivity contribution is 7.18. The van der Waals surface area contributed by atoms with Crippen molar-refractivity contribution in [2.24, 2.45) is 7.05 Å². The molecule has 0 bridgehead atoms. The van der Waals surface area contributed by atoms with Gasteiger partial charge in [-0.3, -0.25) is 4.79 Å². The van der Waals surface area contributed by atoms with Gasteiger partial charge in [0, 0.05) is 40.8 Å². The van der Waals surface area contributed by atoms with Crippen molar-refractivity contribution in [3.05, 3.63) is 39.1 Å². The van der Waals surface area contributed by atoms with E-state index in [1.807, 2.05) is 44.1 Å². The molecule has 4 heterocycles. The first-order valence-electron chi connectivity index (χ1n) is 10.9. The lowest BCUT2D eigenvalue weighted by molar-refractivity contribution is 0.578. The van der Waals surface area contributed by atoms with E-state index in [2.05, 4.69) is 33.2 Å². The molecule has 0 atom stereocenters. The second kappa shape index (κ2) is 10.5. The minimum atomic E-state index is -0.218. The summed E-state index contributed by atoms with van der Waals surface area (Å²) in [6.07, 6.45) is 3.41. The van der Waals surface area contributed by atoms with Gasteiger partial charge in [-0.05, 0) is 45.2 Å². The summed E-state index contributed by atoms with van der Waals surface area (Å²) >= 11 is 1.51. The lowest BCUT2D eigenvalue weighted by Gasteiger charge is -2.29. The van der Waals surface area contributed by atoms with E-state index in [9.17, 15) is 10.1 Å². The van der Waals surface area contributed by atoms with Crippen LogP contribution in [0.25, 0.3) is 10.3 Å². The summed E-state index contributed by atoms with van der Waals surface area (Å²) in [5.41, 5.74) is 1.55. The highest BCUT2D eigenvalue weighted by Crippen LogP contribution is 2.32. The predicted molar refractivity (Wildman–Crippen MR) is 133 cm³/mol. The summed E-state index contributed by atoms with van der Waals surface area (Å²) in [6.45, 7) is 6.69. The second-order valence-electron chi connectivity index (χ2n) is 7.94. The largest absolute Gasteiger partial charge is 0.370 e. The van der Waals surface area contributed by atoms with Crippen molar-refractivity contribution >= 4 is 39.0 Å². The van der Waals surface area contributed by atoms with E-state index in [-0.39, 0.29) is 11.1 Å². The number of hydrogen-bond acceptors (Lipinski definition) is 8. The molecule has 170 valence electrons. The third-order valence-corrected chi connectivity index (χ3v) is 6.38. The summed E-state index contributed by atoms with van der Waals surface area (Å²) in [7, 11) is 5.68. The molecule has 0 spiro atoms. The van der Waals surface area contributed by atoms with Crippen molar-refractivity contribution in [1.29, 1.82) is 5.26 Å². The molecule has 0 unspecified atom stereocenters. The lowest BCUT2D eigenvalue weighted by atomic mass is 10.1. The van der Waals surface area contributed by atoms with Crippen LogP contribution in [0.3, 0.4) is 0 Å². The van der Waals surface area contributed by atoms with E-state index in [0.717, 1.165) is 65.2 Å². The number of nitrogens with one attached hydrogen (secondary N) is 1. The fourth-order valence-corrected chi connectivity index (χ4v) is 4.63. The van der Waals surface area contributed by atoms with Crippen molar-refractivity contribution in [3.63, 3.8) is 0 Å². The predicted octanol–water partition coefficient (Wildman–Crippen LogP) is 3.74. The molecule has 4 rings (SSSR count). The van der Waals surface area contributed by atoms with Crippen LogP contribution in [0, 0.1) is 18.3 Å². The van der Waals surface area contributed by atoms with Gasteiger partial charge < -0.3 is 19.7 Å². The van der Waals surface area contributed by atoms with Gasteiger partial charge >= 0.3 is 0 Å². The number of nitriles is 1. The van der Waals surface area contributed by atoms with Gasteiger partial charge in [0.05, 0.1) is 10.7 Å². The van der Waals surface area contributed by atoms with E-state index < -0.39 is 0 Å². The van der Waals surface area contributed by atoms with E-state index in [4.69, 9.17) is 0 Å². The monoisotopic (exact) mass is 453 g/mol. The zero-order valence-electron chi connectivity index (χ0n) is 19.5. The average Bonchev–Trinajstić information content (AvgIpc) is 3.19. The molecular weight excluding hydrogens is 422 g/mol. The third-order valence-electron chi connectivity index (χ3n) is 5.34. The molecule has 0 amide bonds. The topological polar surface area (TPSA) is 90.1 Å². The molecule has 1 aliphatic rings. The smallest absolute Gasteiger partial charge is 0.271 e. The van der Waals surface area contributed by atoms with Crippen molar-refractivity contribution in [2.75, 3.05) is 48.8 Å². The van der Waals surface area contributed by atoms with Gasteiger partial charge in [0.25, 0.3) is 5.56 Å². The minimum absolute atomic E-state index is 0.218. The molecule has 9 heteroatoms. The number of hydrogen-bond donors (Lipinski definition) is 1. The quantitative estimate of drug-likeness (QED) is 0.643. The number of thiazole rings is 1. The number of nitrogens with zero attached hydrogens (tertiary/aromatic N) is 6. The SMILES string of the molecule is CCNc1cccc(N(C)C)n1.Cc1nc2c(N3CCCCC3)c(C#N)c(=O)n(C)c2s1. The Kier molecular flexibility index (Phi) is 7.70. The fourth-order valence-electron chi connectivity index (χ4n) is 3.76. The van der Waals surface area contributed by atoms with Gasteiger partial charge in [0.2, 0.25) is 0 Å². The number of aromatic nitrogens is 3. The molecule has 0 aromatic carbocycles. The Hall–Kier alpha value is -3.12. The highest BCUT2D eigenvalue weighted by Gasteiger charge is 2.24. The van der Waals surface area contributed by atoms with E-state index in [1.54, 1.807) is 11.6 Å². The van der Waals surface area contributed by atoms with Crippen LogP contribution in [0.15, 0.2) is 23.0 Å². The van der Waals surface area contributed by atoms with Gasteiger partial charge in [-0.2, -0.15) is 5.26 Å². The molecule has 1 saturated heterocycles. The number of aryl methyl sites for hydroxylation is 2. The van der Waals surface area contributed by atoms with Crippen LogP contribution in [0.1, 0.15) is 36.8 Å². The number of piperidine rings is 1. The Balaban J connectivity index is 0.000000207. The van der Waals surface area contributed by atoms with Crippen LogP contribution >= 0.6 is 11.3 Å². The first-order chi connectivity index (χ1) is 15.4. The van der Waals surface area contributed by atoms with Gasteiger partial charge in [-0.25, -0.2) is 9.97 Å². The molecule has 3 aromatic rings. The van der Waals surface area contributed by atoms with Crippen LogP contribution in [-0.2, 0) is 7.05 Å². The summed E-state index contributed by atoms with van der Waals surface area (Å²) in [5, 5.41) is 13.5. The normalized spacial score (nSPS) is 13.3. The van der Waals surface area contributed by atoms with E-state index in [0.29, 0.717) is 0 Å². The molecular formula is C23H31N7OS. The molecule has 8 nitrogen and oxygen atoms in total. The zero-order valence-corrected chi connectivity index (χ0v) is 20.3. The van der Waals surface area contributed by atoms with Crippen LogP contribution in [0.5, 0.6) is 0 Å². The Bertz CT molecular complexity index is 1170. The first-order valence-corrected chi connectivity index (χ1v) is 11.7. The molecule has 1 N–H and O–H groups in total. The highest BCUT2D eigenvalue weighted by atomic mass is 32.1. The Morgan fingerprint density at radius 2 is 1.94 bits per heavy atom. The molecule has 3 aromatic heterocycles. The number of rotatable bonds is 4. The maximum atomic E-state index is 12.4. The molecule has 1 fully saturated rings. The zero-order chi connectivity index (χ0) is 23.3. The molecule has 1 aliphatic heterocycles.